The molecule has 1 aliphatic heterocycles. The molecule has 1 atom stereocenters. The van der Waals surface area contributed by atoms with Crippen LogP contribution in [0.1, 0.15) is 23.2 Å². The zero-order chi connectivity index (χ0) is 23.2. The first-order chi connectivity index (χ1) is 16.0. The van der Waals surface area contributed by atoms with E-state index >= 15 is 0 Å². The lowest BCUT2D eigenvalue weighted by Gasteiger charge is -2.23. The molecule has 1 aliphatic rings. The molecule has 1 amide bonds. The van der Waals surface area contributed by atoms with Gasteiger partial charge in [-0.1, -0.05) is 0 Å². The number of carbonyl (C=O) groups is 1. The second-order valence-electron chi connectivity index (χ2n) is 7.85. The molecule has 1 aromatic heterocycles. The predicted molar refractivity (Wildman–Crippen MR) is 120 cm³/mol. The van der Waals surface area contributed by atoms with Gasteiger partial charge in [-0.25, -0.2) is 8.78 Å². The summed E-state index contributed by atoms with van der Waals surface area (Å²) in [5, 5.41) is 10.3. The molecule has 0 bridgehead atoms. The summed E-state index contributed by atoms with van der Waals surface area (Å²) in [5.74, 6) is -1.70. The second kappa shape index (κ2) is 10.5. The summed E-state index contributed by atoms with van der Waals surface area (Å²) in [6.45, 7) is 2.65. The topological polar surface area (TPSA) is 77.4 Å². The van der Waals surface area contributed by atoms with Crippen molar-refractivity contribution in [3.63, 3.8) is 0 Å². The first-order valence-corrected chi connectivity index (χ1v) is 10.8. The first-order valence-electron chi connectivity index (χ1n) is 10.8. The number of benzene rings is 2. The largest absolute Gasteiger partial charge is 0.492 e. The Labute approximate surface area is 190 Å². The molecule has 1 unspecified atom stereocenters. The number of hydrogen-bond acceptors (Lipinski definition) is 5. The van der Waals surface area contributed by atoms with Gasteiger partial charge in [0, 0.05) is 49.8 Å². The number of aromatic nitrogens is 2. The Morgan fingerprint density at radius 2 is 2.12 bits per heavy atom. The third-order valence-electron chi connectivity index (χ3n) is 5.46. The average molecular weight is 456 g/mol. The molecule has 2 heterocycles. The smallest absolute Gasteiger partial charge is 0.258 e. The van der Waals surface area contributed by atoms with Crippen molar-refractivity contribution < 1.29 is 23.0 Å². The van der Waals surface area contributed by atoms with Crippen LogP contribution >= 0.6 is 0 Å². The molecule has 0 aliphatic carbocycles. The molecule has 1 fully saturated rings. The minimum absolute atomic E-state index is 0.239. The second-order valence-corrected chi connectivity index (χ2v) is 7.85. The fourth-order valence-electron chi connectivity index (χ4n) is 3.77. The molecule has 33 heavy (non-hydrogen) atoms. The first kappa shape index (κ1) is 22.9. The molecule has 9 heteroatoms. The lowest BCUT2D eigenvalue weighted by Crippen LogP contribution is -2.38. The standard InChI is InChI=1S/C24H26F2N4O3/c1-30-22(8-9-28-30)20-14-17(29-24(31)19-6-4-16(25)13-21(19)26)5-7-23(20)33-12-10-27-18-3-2-11-32-15-18/h4-9,13-14,18,27H,2-3,10-12,15H2,1H3,(H,29,31). The number of amides is 1. The highest BCUT2D eigenvalue weighted by Crippen LogP contribution is 2.32. The van der Waals surface area contributed by atoms with Gasteiger partial charge in [0.2, 0.25) is 0 Å². The summed E-state index contributed by atoms with van der Waals surface area (Å²) < 4.78 is 40.3. The number of anilines is 1. The van der Waals surface area contributed by atoms with E-state index in [4.69, 9.17) is 9.47 Å². The van der Waals surface area contributed by atoms with E-state index in [9.17, 15) is 13.6 Å². The fourth-order valence-corrected chi connectivity index (χ4v) is 3.77. The van der Waals surface area contributed by atoms with Crippen molar-refractivity contribution in [3.05, 3.63) is 65.9 Å². The van der Waals surface area contributed by atoms with Crippen molar-refractivity contribution >= 4 is 11.6 Å². The van der Waals surface area contributed by atoms with E-state index in [0.717, 1.165) is 42.8 Å². The molecule has 1 saturated heterocycles. The summed E-state index contributed by atoms with van der Waals surface area (Å²) in [6, 6.07) is 10.2. The number of nitrogens with one attached hydrogen (secondary N) is 2. The van der Waals surface area contributed by atoms with Crippen molar-refractivity contribution in [3.8, 4) is 17.0 Å². The van der Waals surface area contributed by atoms with E-state index in [1.165, 1.54) is 0 Å². The number of halogens is 2. The predicted octanol–water partition coefficient (Wildman–Crippen LogP) is 3.77. The van der Waals surface area contributed by atoms with E-state index in [2.05, 4.69) is 15.7 Å². The van der Waals surface area contributed by atoms with Crippen LogP contribution in [0.3, 0.4) is 0 Å². The number of hydrogen-bond donors (Lipinski definition) is 2. The molecule has 0 saturated carbocycles. The molecule has 0 spiro atoms. The Morgan fingerprint density at radius 3 is 2.85 bits per heavy atom. The molecule has 174 valence electrons. The molecule has 4 rings (SSSR count). The summed E-state index contributed by atoms with van der Waals surface area (Å²) in [7, 11) is 1.81. The Hall–Kier alpha value is -3.30. The van der Waals surface area contributed by atoms with E-state index in [0.29, 0.717) is 43.3 Å². The lowest BCUT2D eigenvalue weighted by molar-refractivity contribution is 0.0693. The van der Waals surface area contributed by atoms with Crippen LogP contribution in [0.4, 0.5) is 14.5 Å². The SMILES string of the molecule is Cn1nccc1-c1cc(NC(=O)c2ccc(F)cc2F)ccc1OCCNC1CCCOC1. The highest BCUT2D eigenvalue weighted by molar-refractivity contribution is 6.04. The van der Waals surface area contributed by atoms with Gasteiger partial charge in [-0.15, -0.1) is 0 Å². The number of nitrogens with zero attached hydrogens (tertiary/aromatic N) is 2. The Balaban J connectivity index is 1.48. The van der Waals surface area contributed by atoms with Crippen LogP contribution in [0.2, 0.25) is 0 Å². The number of ether oxygens (including phenoxy) is 2. The van der Waals surface area contributed by atoms with Crippen LogP contribution in [-0.4, -0.2) is 48.1 Å². The van der Waals surface area contributed by atoms with Gasteiger partial charge in [-0.3, -0.25) is 9.48 Å². The van der Waals surface area contributed by atoms with E-state index in [1.54, 1.807) is 29.1 Å². The third kappa shape index (κ3) is 5.74. The Morgan fingerprint density at radius 1 is 1.24 bits per heavy atom. The fraction of sp³-hybridized carbons (Fsp3) is 0.333. The minimum atomic E-state index is -0.921. The summed E-state index contributed by atoms with van der Waals surface area (Å²) in [5.41, 5.74) is 1.73. The highest BCUT2D eigenvalue weighted by Gasteiger charge is 2.16. The molecule has 7 nitrogen and oxygen atoms in total. The van der Waals surface area contributed by atoms with Gasteiger partial charge in [-0.05, 0) is 49.2 Å². The van der Waals surface area contributed by atoms with Gasteiger partial charge >= 0.3 is 0 Å². The van der Waals surface area contributed by atoms with Crippen LogP contribution in [0.5, 0.6) is 5.75 Å². The van der Waals surface area contributed by atoms with Gasteiger partial charge in [0.1, 0.15) is 24.0 Å². The van der Waals surface area contributed by atoms with Gasteiger partial charge in [0.05, 0.1) is 17.9 Å². The maximum absolute atomic E-state index is 14.0. The van der Waals surface area contributed by atoms with Crippen LogP contribution in [-0.2, 0) is 11.8 Å². The van der Waals surface area contributed by atoms with Crippen molar-refractivity contribution in [2.75, 3.05) is 31.7 Å². The van der Waals surface area contributed by atoms with Crippen LogP contribution in [0, 0.1) is 11.6 Å². The van der Waals surface area contributed by atoms with Gasteiger partial charge in [-0.2, -0.15) is 5.10 Å². The van der Waals surface area contributed by atoms with Crippen LogP contribution in [0.15, 0.2) is 48.7 Å². The number of aryl methyl sites for hydroxylation is 1. The van der Waals surface area contributed by atoms with E-state index < -0.39 is 17.5 Å². The third-order valence-corrected chi connectivity index (χ3v) is 5.46. The zero-order valence-electron chi connectivity index (χ0n) is 18.3. The minimum Gasteiger partial charge on any atom is -0.492 e. The molecular formula is C24H26F2N4O3. The van der Waals surface area contributed by atoms with Gasteiger partial charge in [0.15, 0.2) is 0 Å². The molecule has 0 radical (unpaired) electrons. The van der Waals surface area contributed by atoms with E-state index in [1.807, 2.05) is 13.1 Å². The quantitative estimate of drug-likeness (QED) is 0.505. The van der Waals surface area contributed by atoms with Crippen molar-refractivity contribution in [2.24, 2.45) is 7.05 Å². The Bertz CT molecular complexity index is 1110. The molecule has 2 N–H and O–H groups in total. The number of carbonyl (C=O) groups excluding carboxylic acids is 1. The van der Waals surface area contributed by atoms with Gasteiger partial charge < -0.3 is 20.1 Å². The van der Waals surface area contributed by atoms with Crippen molar-refractivity contribution in [1.29, 1.82) is 0 Å². The maximum Gasteiger partial charge on any atom is 0.258 e. The summed E-state index contributed by atoms with van der Waals surface area (Å²) in [6.07, 6.45) is 3.81. The lowest BCUT2D eigenvalue weighted by atomic mass is 10.1. The summed E-state index contributed by atoms with van der Waals surface area (Å²) >= 11 is 0. The average Bonchev–Trinajstić information content (AvgIpc) is 3.23. The zero-order valence-corrected chi connectivity index (χ0v) is 18.3. The maximum atomic E-state index is 14.0. The molecule has 3 aromatic rings. The van der Waals surface area contributed by atoms with Crippen LogP contribution < -0.4 is 15.4 Å². The van der Waals surface area contributed by atoms with E-state index in [-0.39, 0.29) is 5.56 Å². The van der Waals surface area contributed by atoms with Gasteiger partial charge in [0.25, 0.3) is 5.91 Å². The Kier molecular flexibility index (Phi) is 7.31. The summed E-state index contributed by atoms with van der Waals surface area (Å²) in [4.78, 5) is 12.5. The van der Waals surface area contributed by atoms with Crippen LogP contribution in [0.25, 0.3) is 11.3 Å². The molecule has 2 aromatic carbocycles. The normalized spacial score (nSPS) is 15.9. The van der Waals surface area contributed by atoms with Crippen molar-refractivity contribution in [1.82, 2.24) is 15.1 Å². The highest BCUT2D eigenvalue weighted by atomic mass is 19.1. The monoisotopic (exact) mass is 456 g/mol. The number of rotatable bonds is 8. The molecular weight excluding hydrogens is 430 g/mol. The van der Waals surface area contributed by atoms with Crippen molar-refractivity contribution in [2.45, 2.75) is 18.9 Å².